The van der Waals surface area contributed by atoms with E-state index in [2.05, 4.69) is 5.32 Å². The number of likely N-dealkylation sites (N-methyl/N-ethyl adjacent to an activating group) is 1. The minimum absolute atomic E-state index is 0.0289. The maximum Gasteiger partial charge on any atom is 0.131 e. The first-order valence-corrected chi connectivity index (χ1v) is 7.05. The molecule has 0 saturated heterocycles. The molecule has 0 bridgehead atoms. The van der Waals surface area contributed by atoms with E-state index in [9.17, 15) is 8.78 Å². The number of benzene rings is 2. The predicted octanol–water partition coefficient (Wildman–Crippen LogP) is 3.81. The topological polar surface area (TPSA) is 21.3 Å². The fraction of sp³-hybridized carbons (Fsp3) is 0.250. The van der Waals surface area contributed by atoms with E-state index >= 15 is 0 Å². The normalized spacial score (nSPS) is 16.7. The van der Waals surface area contributed by atoms with Crippen molar-refractivity contribution in [1.82, 2.24) is 5.32 Å². The van der Waals surface area contributed by atoms with Crippen LogP contribution in [0.2, 0.25) is 5.02 Å². The first-order valence-electron chi connectivity index (χ1n) is 6.67. The van der Waals surface area contributed by atoms with Crippen molar-refractivity contribution >= 4 is 11.6 Å². The molecule has 0 fully saturated rings. The second-order valence-corrected chi connectivity index (χ2v) is 5.50. The number of nitrogens with one attached hydrogen (secondary N) is 1. The van der Waals surface area contributed by atoms with Crippen LogP contribution in [-0.4, -0.2) is 19.7 Å². The van der Waals surface area contributed by atoms with Crippen molar-refractivity contribution < 1.29 is 13.5 Å². The molecule has 1 unspecified atom stereocenters. The summed E-state index contributed by atoms with van der Waals surface area (Å²) in [5.74, 6) is -0.407. The molecule has 1 aliphatic rings. The van der Waals surface area contributed by atoms with E-state index in [1.807, 2.05) is 13.1 Å². The zero-order valence-electron chi connectivity index (χ0n) is 11.4. The Morgan fingerprint density at radius 1 is 1.24 bits per heavy atom. The molecule has 0 spiro atoms. The van der Waals surface area contributed by atoms with Gasteiger partial charge in [0.15, 0.2) is 0 Å². The van der Waals surface area contributed by atoms with Gasteiger partial charge in [0.05, 0.1) is 0 Å². The van der Waals surface area contributed by atoms with Crippen LogP contribution in [0, 0.1) is 11.6 Å². The summed E-state index contributed by atoms with van der Waals surface area (Å²) in [6.45, 7) is 0.678. The van der Waals surface area contributed by atoms with Crippen molar-refractivity contribution in [1.29, 1.82) is 0 Å². The van der Waals surface area contributed by atoms with Gasteiger partial charge in [-0.1, -0.05) is 11.6 Å². The first kappa shape index (κ1) is 14.3. The smallest absolute Gasteiger partial charge is 0.131 e. The van der Waals surface area contributed by atoms with Crippen LogP contribution < -0.4 is 10.1 Å². The van der Waals surface area contributed by atoms with Gasteiger partial charge in [0.2, 0.25) is 0 Å². The van der Waals surface area contributed by atoms with Crippen LogP contribution in [0.15, 0.2) is 30.3 Å². The van der Waals surface area contributed by atoms with Crippen LogP contribution >= 0.6 is 11.6 Å². The Labute approximate surface area is 126 Å². The second-order valence-electron chi connectivity index (χ2n) is 5.07. The minimum atomic E-state index is -0.499. The zero-order chi connectivity index (χ0) is 15.0. The highest BCUT2D eigenvalue weighted by Gasteiger charge is 2.27. The molecule has 1 aliphatic heterocycles. The van der Waals surface area contributed by atoms with E-state index in [0.717, 1.165) is 23.8 Å². The number of rotatable bonds is 3. The first-order chi connectivity index (χ1) is 10.1. The van der Waals surface area contributed by atoms with Gasteiger partial charge in [0, 0.05) is 29.1 Å². The largest absolute Gasteiger partial charge is 0.488 e. The van der Waals surface area contributed by atoms with E-state index in [1.165, 1.54) is 0 Å². The van der Waals surface area contributed by atoms with Crippen molar-refractivity contribution in [3.63, 3.8) is 0 Å². The maximum atomic E-state index is 14.0. The molecule has 5 heteroatoms. The lowest BCUT2D eigenvalue weighted by Gasteiger charge is -2.13. The van der Waals surface area contributed by atoms with E-state index < -0.39 is 11.6 Å². The van der Waals surface area contributed by atoms with Crippen LogP contribution in [0.25, 0.3) is 11.1 Å². The monoisotopic (exact) mass is 309 g/mol. The van der Waals surface area contributed by atoms with Crippen LogP contribution in [-0.2, 0) is 6.42 Å². The second kappa shape index (κ2) is 5.62. The summed E-state index contributed by atoms with van der Waals surface area (Å²) in [5, 5.41) is 3.53. The predicted molar refractivity (Wildman–Crippen MR) is 78.9 cm³/mol. The number of hydrogen-bond acceptors (Lipinski definition) is 2. The molecule has 2 nitrogen and oxygen atoms in total. The summed E-state index contributed by atoms with van der Waals surface area (Å²) in [5.41, 5.74) is 1.58. The highest BCUT2D eigenvalue weighted by atomic mass is 35.5. The van der Waals surface area contributed by atoms with Crippen molar-refractivity contribution in [3.05, 3.63) is 52.6 Å². The third-order valence-corrected chi connectivity index (χ3v) is 3.73. The molecule has 2 aromatic carbocycles. The Morgan fingerprint density at radius 2 is 2.05 bits per heavy atom. The highest BCUT2D eigenvalue weighted by Crippen LogP contribution is 2.41. The molecule has 0 saturated carbocycles. The lowest BCUT2D eigenvalue weighted by molar-refractivity contribution is 0.232. The SMILES string of the molecule is CNCC1Cc2cc(Cl)cc(-c3cc(F)ccc3F)c2O1. The molecule has 0 radical (unpaired) electrons. The van der Waals surface area contributed by atoms with Gasteiger partial charge in [0.25, 0.3) is 0 Å². The Balaban J connectivity index is 2.11. The van der Waals surface area contributed by atoms with Crippen molar-refractivity contribution in [2.24, 2.45) is 0 Å². The number of hydrogen-bond donors (Lipinski definition) is 1. The molecule has 110 valence electrons. The Morgan fingerprint density at radius 3 is 2.81 bits per heavy atom. The van der Waals surface area contributed by atoms with E-state index in [0.29, 0.717) is 29.3 Å². The van der Waals surface area contributed by atoms with E-state index in [-0.39, 0.29) is 11.7 Å². The highest BCUT2D eigenvalue weighted by molar-refractivity contribution is 6.31. The third kappa shape index (κ3) is 2.74. The third-order valence-electron chi connectivity index (χ3n) is 3.51. The average molecular weight is 310 g/mol. The van der Waals surface area contributed by atoms with Gasteiger partial charge >= 0.3 is 0 Å². The van der Waals surface area contributed by atoms with Gasteiger partial charge in [-0.3, -0.25) is 0 Å². The van der Waals surface area contributed by atoms with Crippen LogP contribution in [0.4, 0.5) is 8.78 Å². The van der Waals surface area contributed by atoms with Gasteiger partial charge in [-0.2, -0.15) is 0 Å². The molecule has 1 atom stereocenters. The molecule has 0 aromatic heterocycles. The molecule has 1 heterocycles. The standard InChI is InChI=1S/C16H14ClF2NO/c1-20-8-12-5-9-4-10(17)6-14(16(9)21-12)13-7-11(18)2-3-15(13)19/h2-4,6-7,12,20H,5,8H2,1H3. The number of halogens is 3. The van der Waals surface area contributed by atoms with Crippen molar-refractivity contribution in [2.45, 2.75) is 12.5 Å². The summed E-state index contributed by atoms with van der Waals surface area (Å²) in [6.07, 6.45) is 0.666. The fourth-order valence-electron chi connectivity index (χ4n) is 2.64. The fourth-order valence-corrected chi connectivity index (χ4v) is 2.88. The molecule has 1 N–H and O–H groups in total. The molecular weight excluding hydrogens is 296 g/mol. The van der Waals surface area contributed by atoms with Crippen molar-refractivity contribution in [2.75, 3.05) is 13.6 Å². The molecule has 3 rings (SSSR count). The van der Waals surface area contributed by atoms with Gasteiger partial charge in [-0.05, 0) is 42.9 Å². The molecule has 2 aromatic rings. The van der Waals surface area contributed by atoms with E-state index in [1.54, 1.807) is 6.07 Å². The van der Waals surface area contributed by atoms with Crippen LogP contribution in [0.5, 0.6) is 5.75 Å². The van der Waals surface area contributed by atoms with Gasteiger partial charge in [-0.15, -0.1) is 0 Å². The molecule has 0 amide bonds. The maximum absolute atomic E-state index is 14.0. The number of fused-ring (bicyclic) bond motifs is 1. The summed E-state index contributed by atoms with van der Waals surface area (Å²) in [4.78, 5) is 0. The molecular formula is C16H14ClF2NO. The number of ether oxygens (including phenoxy) is 1. The van der Waals surface area contributed by atoms with Crippen LogP contribution in [0.3, 0.4) is 0 Å². The van der Waals surface area contributed by atoms with Crippen LogP contribution in [0.1, 0.15) is 5.56 Å². The summed E-state index contributed by atoms with van der Waals surface area (Å²) >= 11 is 6.11. The molecule has 0 aliphatic carbocycles. The van der Waals surface area contributed by atoms with E-state index in [4.69, 9.17) is 16.3 Å². The van der Waals surface area contributed by atoms with Gasteiger partial charge in [0.1, 0.15) is 23.5 Å². The minimum Gasteiger partial charge on any atom is -0.488 e. The van der Waals surface area contributed by atoms with Gasteiger partial charge in [-0.25, -0.2) is 8.78 Å². The van der Waals surface area contributed by atoms with Gasteiger partial charge < -0.3 is 10.1 Å². The van der Waals surface area contributed by atoms with Crippen molar-refractivity contribution in [3.8, 4) is 16.9 Å². The Bertz CT molecular complexity index is 690. The Hall–Kier alpha value is -1.65. The lowest BCUT2D eigenvalue weighted by atomic mass is 10.00. The zero-order valence-corrected chi connectivity index (χ0v) is 12.2. The quantitative estimate of drug-likeness (QED) is 0.931. The Kier molecular flexibility index (Phi) is 3.83. The molecule has 21 heavy (non-hydrogen) atoms. The summed E-state index contributed by atoms with van der Waals surface area (Å²) in [7, 11) is 1.84. The lowest BCUT2D eigenvalue weighted by Crippen LogP contribution is -2.27. The average Bonchev–Trinajstić information content (AvgIpc) is 2.83. The summed E-state index contributed by atoms with van der Waals surface area (Å²) in [6, 6.07) is 6.79. The summed E-state index contributed by atoms with van der Waals surface area (Å²) < 4.78 is 33.3.